The monoisotopic (exact) mass is 363 g/mol. The fourth-order valence-corrected chi connectivity index (χ4v) is 3.01. The van der Waals surface area contributed by atoms with E-state index in [1.165, 1.54) is 18.2 Å². The maximum Gasteiger partial charge on any atom is 0.241 e. The van der Waals surface area contributed by atoms with Crippen LogP contribution in [0.4, 0.5) is 24.5 Å². The van der Waals surface area contributed by atoms with Crippen LogP contribution >= 0.6 is 0 Å². The molecule has 1 saturated heterocycles. The molecule has 138 valence electrons. The summed E-state index contributed by atoms with van der Waals surface area (Å²) in [7, 11) is 0. The average molecular weight is 363 g/mol. The van der Waals surface area contributed by atoms with E-state index < -0.39 is 17.7 Å². The number of nitrogens with one attached hydrogen (secondary N) is 1. The van der Waals surface area contributed by atoms with Crippen LogP contribution in [0.1, 0.15) is 6.92 Å². The van der Waals surface area contributed by atoms with Gasteiger partial charge in [0, 0.05) is 43.6 Å². The number of hydrogen-bond acceptors (Lipinski definition) is 3. The van der Waals surface area contributed by atoms with E-state index in [4.69, 9.17) is 0 Å². The van der Waals surface area contributed by atoms with Crippen molar-refractivity contribution in [1.29, 1.82) is 0 Å². The lowest BCUT2D eigenvalue weighted by Gasteiger charge is -2.38. The van der Waals surface area contributed by atoms with E-state index in [0.29, 0.717) is 26.2 Å². The highest BCUT2D eigenvalue weighted by Crippen LogP contribution is 2.19. The Morgan fingerprint density at radius 2 is 1.62 bits per heavy atom. The van der Waals surface area contributed by atoms with Gasteiger partial charge < -0.3 is 10.2 Å². The maximum absolute atomic E-state index is 13.2. The first-order valence-electron chi connectivity index (χ1n) is 8.44. The number of anilines is 2. The van der Waals surface area contributed by atoms with Crippen LogP contribution in [0.15, 0.2) is 42.5 Å². The van der Waals surface area contributed by atoms with Gasteiger partial charge in [-0.25, -0.2) is 13.2 Å². The predicted molar refractivity (Wildman–Crippen MR) is 94.6 cm³/mol. The molecule has 0 aliphatic carbocycles. The minimum Gasteiger partial charge on any atom is -0.369 e. The van der Waals surface area contributed by atoms with E-state index in [1.807, 2.05) is 4.90 Å². The molecule has 0 saturated carbocycles. The van der Waals surface area contributed by atoms with E-state index in [2.05, 4.69) is 10.2 Å². The molecule has 4 nitrogen and oxygen atoms in total. The van der Waals surface area contributed by atoms with Crippen molar-refractivity contribution in [2.45, 2.75) is 13.0 Å². The Bertz CT molecular complexity index is 774. The second-order valence-corrected chi connectivity index (χ2v) is 6.29. The molecule has 1 atom stereocenters. The average Bonchev–Trinajstić information content (AvgIpc) is 2.65. The van der Waals surface area contributed by atoms with Gasteiger partial charge in [-0.2, -0.15) is 0 Å². The Labute approximate surface area is 150 Å². The van der Waals surface area contributed by atoms with Gasteiger partial charge in [0.2, 0.25) is 5.91 Å². The number of amides is 1. The molecule has 0 radical (unpaired) electrons. The summed E-state index contributed by atoms with van der Waals surface area (Å²) in [4.78, 5) is 16.5. The van der Waals surface area contributed by atoms with Gasteiger partial charge in [-0.15, -0.1) is 0 Å². The van der Waals surface area contributed by atoms with E-state index in [-0.39, 0.29) is 17.4 Å². The van der Waals surface area contributed by atoms with Gasteiger partial charge in [-0.05, 0) is 43.3 Å². The highest BCUT2D eigenvalue weighted by Gasteiger charge is 2.26. The SMILES string of the molecule is C[C@@H](C(=O)Nc1ccc(F)c(F)c1)N1CCN(c2ccc(F)cc2)CC1. The van der Waals surface area contributed by atoms with E-state index in [1.54, 1.807) is 19.1 Å². The van der Waals surface area contributed by atoms with Gasteiger partial charge in [-0.1, -0.05) is 0 Å². The van der Waals surface area contributed by atoms with Gasteiger partial charge in [0.15, 0.2) is 11.6 Å². The summed E-state index contributed by atoms with van der Waals surface area (Å²) < 4.78 is 39.2. The lowest BCUT2D eigenvalue weighted by atomic mass is 10.2. The van der Waals surface area contributed by atoms with E-state index >= 15 is 0 Å². The Kier molecular flexibility index (Phi) is 5.46. The molecule has 1 aliphatic rings. The zero-order valence-electron chi connectivity index (χ0n) is 14.4. The Morgan fingerprint density at radius 3 is 2.23 bits per heavy atom. The van der Waals surface area contributed by atoms with Crippen molar-refractivity contribution in [1.82, 2.24) is 4.90 Å². The fraction of sp³-hybridized carbons (Fsp3) is 0.316. The molecule has 1 fully saturated rings. The molecule has 2 aromatic rings. The molecule has 0 aromatic heterocycles. The molecule has 1 heterocycles. The lowest BCUT2D eigenvalue weighted by Crippen LogP contribution is -2.52. The summed E-state index contributed by atoms with van der Waals surface area (Å²) in [5.74, 6) is -2.49. The van der Waals surface area contributed by atoms with Gasteiger partial charge >= 0.3 is 0 Å². The van der Waals surface area contributed by atoms with Gasteiger partial charge in [0.25, 0.3) is 0 Å². The van der Waals surface area contributed by atoms with Crippen molar-refractivity contribution < 1.29 is 18.0 Å². The molecule has 3 rings (SSSR count). The third kappa shape index (κ3) is 4.16. The molecule has 0 unspecified atom stereocenters. The minimum absolute atomic E-state index is 0.227. The number of rotatable bonds is 4. The van der Waals surface area contributed by atoms with Gasteiger partial charge in [0.05, 0.1) is 6.04 Å². The molecule has 1 N–H and O–H groups in total. The van der Waals surface area contributed by atoms with Crippen LogP contribution in [-0.2, 0) is 4.79 Å². The molecule has 0 spiro atoms. The molecule has 2 aromatic carbocycles. The summed E-state index contributed by atoms with van der Waals surface area (Å²) in [6, 6.07) is 9.21. The number of benzene rings is 2. The molecular weight excluding hydrogens is 343 g/mol. The summed E-state index contributed by atoms with van der Waals surface area (Å²) in [6.07, 6.45) is 0. The summed E-state index contributed by atoms with van der Waals surface area (Å²) >= 11 is 0. The second kappa shape index (κ2) is 7.78. The summed E-state index contributed by atoms with van der Waals surface area (Å²) in [5, 5.41) is 2.61. The first-order chi connectivity index (χ1) is 12.4. The number of piperazine rings is 1. The topological polar surface area (TPSA) is 35.6 Å². The first kappa shape index (κ1) is 18.3. The Morgan fingerprint density at radius 1 is 0.962 bits per heavy atom. The Hall–Kier alpha value is -2.54. The summed E-state index contributed by atoms with van der Waals surface area (Å²) in [6.45, 7) is 4.55. The van der Waals surface area contributed by atoms with Crippen LogP contribution in [0.5, 0.6) is 0 Å². The Balaban J connectivity index is 1.55. The normalized spacial score (nSPS) is 16.4. The number of hydrogen-bond donors (Lipinski definition) is 1. The highest BCUT2D eigenvalue weighted by atomic mass is 19.2. The smallest absolute Gasteiger partial charge is 0.241 e. The summed E-state index contributed by atoms with van der Waals surface area (Å²) in [5.41, 5.74) is 1.18. The molecule has 1 amide bonds. The molecule has 7 heteroatoms. The number of carbonyl (C=O) groups is 1. The van der Waals surface area contributed by atoms with Crippen LogP contribution in [0.3, 0.4) is 0 Å². The van der Waals surface area contributed by atoms with Crippen LogP contribution in [0.25, 0.3) is 0 Å². The largest absolute Gasteiger partial charge is 0.369 e. The maximum atomic E-state index is 13.2. The zero-order chi connectivity index (χ0) is 18.7. The number of carbonyl (C=O) groups excluding carboxylic acids is 1. The van der Waals surface area contributed by atoms with Crippen LogP contribution in [0.2, 0.25) is 0 Å². The quantitative estimate of drug-likeness (QED) is 0.906. The van der Waals surface area contributed by atoms with Crippen molar-refractivity contribution >= 4 is 17.3 Å². The minimum atomic E-state index is -0.997. The molecular formula is C19H20F3N3O. The van der Waals surface area contributed by atoms with Gasteiger partial charge in [0.1, 0.15) is 5.82 Å². The first-order valence-corrected chi connectivity index (χ1v) is 8.44. The molecule has 1 aliphatic heterocycles. The zero-order valence-corrected chi connectivity index (χ0v) is 14.4. The van der Waals surface area contributed by atoms with E-state index in [9.17, 15) is 18.0 Å². The van der Waals surface area contributed by atoms with E-state index in [0.717, 1.165) is 17.8 Å². The highest BCUT2D eigenvalue weighted by molar-refractivity contribution is 5.94. The standard InChI is InChI=1S/C19H20F3N3O/c1-13(19(26)23-15-4-7-17(21)18(22)12-15)24-8-10-25(11-9-24)16-5-2-14(20)3-6-16/h2-7,12-13H,8-11H2,1H3,(H,23,26)/t13-/m0/s1. The fourth-order valence-electron chi connectivity index (χ4n) is 3.01. The van der Waals surface area contributed by atoms with Crippen molar-refractivity contribution in [3.8, 4) is 0 Å². The predicted octanol–water partition coefficient (Wildman–Crippen LogP) is 3.25. The third-order valence-electron chi connectivity index (χ3n) is 4.62. The number of nitrogens with zero attached hydrogens (tertiary/aromatic N) is 2. The second-order valence-electron chi connectivity index (χ2n) is 6.29. The van der Waals surface area contributed by atoms with Crippen molar-refractivity contribution in [3.63, 3.8) is 0 Å². The van der Waals surface area contributed by atoms with Gasteiger partial charge in [-0.3, -0.25) is 9.69 Å². The van der Waals surface area contributed by atoms with Crippen LogP contribution in [-0.4, -0.2) is 43.0 Å². The van der Waals surface area contributed by atoms with Crippen molar-refractivity contribution in [2.24, 2.45) is 0 Å². The van der Waals surface area contributed by atoms with Crippen molar-refractivity contribution in [2.75, 3.05) is 36.4 Å². The third-order valence-corrected chi connectivity index (χ3v) is 4.62. The van der Waals surface area contributed by atoms with Crippen LogP contribution in [0, 0.1) is 17.5 Å². The number of halogens is 3. The molecule has 26 heavy (non-hydrogen) atoms. The lowest BCUT2D eigenvalue weighted by molar-refractivity contribution is -0.120. The van der Waals surface area contributed by atoms with Crippen molar-refractivity contribution in [3.05, 3.63) is 59.9 Å². The molecule has 0 bridgehead atoms. The van der Waals surface area contributed by atoms with Crippen LogP contribution < -0.4 is 10.2 Å².